The minimum atomic E-state index is -0.637. The van der Waals surface area contributed by atoms with E-state index in [1.165, 1.54) is 30.9 Å². The Kier molecular flexibility index (Phi) is 8.75. The van der Waals surface area contributed by atoms with Crippen LogP contribution in [0.15, 0.2) is 46.0 Å². The Labute approximate surface area is 215 Å². The van der Waals surface area contributed by atoms with Crippen molar-refractivity contribution < 1.29 is 19.1 Å². The number of ether oxygens (including phenoxy) is 2. The molecule has 0 aliphatic rings. The quantitative estimate of drug-likeness (QED) is 0.432. The molecule has 0 fully saturated rings. The molecule has 1 aromatic heterocycles. The normalized spacial score (nSPS) is 11.9. The summed E-state index contributed by atoms with van der Waals surface area (Å²) in [7, 11) is 2.90. The highest BCUT2D eigenvalue weighted by molar-refractivity contribution is 5.94. The van der Waals surface area contributed by atoms with Gasteiger partial charge in [0.05, 0.1) is 31.7 Å². The molecule has 3 rings (SSSR count). The number of nitrogens with zero attached hydrogens (tertiary/aromatic N) is 2. The number of carbonyl (C=O) groups is 2. The van der Waals surface area contributed by atoms with E-state index in [2.05, 4.69) is 10.6 Å². The molecule has 0 bridgehead atoms. The van der Waals surface area contributed by atoms with Gasteiger partial charge in [0.15, 0.2) is 11.5 Å². The zero-order valence-corrected chi connectivity index (χ0v) is 22.1. The van der Waals surface area contributed by atoms with Crippen LogP contribution < -0.4 is 31.4 Å². The van der Waals surface area contributed by atoms with Gasteiger partial charge in [0, 0.05) is 23.7 Å². The van der Waals surface area contributed by atoms with Crippen LogP contribution in [0, 0.1) is 0 Å². The first-order chi connectivity index (χ1) is 17.6. The van der Waals surface area contributed by atoms with Crippen LogP contribution in [-0.4, -0.2) is 47.3 Å². The van der Waals surface area contributed by atoms with E-state index < -0.39 is 11.2 Å². The second-order valence-corrected chi connectivity index (χ2v) is 9.19. The Morgan fingerprint density at radius 1 is 0.919 bits per heavy atom. The number of rotatable bonds is 10. The van der Waals surface area contributed by atoms with Crippen LogP contribution in [0.25, 0.3) is 10.9 Å². The summed E-state index contributed by atoms with van der Waals surface area (Å²) in [6, 6.07) is 9.66. The molecule has 0 aliphatic carbocycles. The lowest BCUT2D eigenvalue weighted by Gasteiger charge is -2.17. The van der Waals surface area contributed by atoms with Crippen LogP contribution in [0.2, 0.25) is 0 Å². The summed E-state index contributed by atoms with van der Waals surface area (Å²) in [5, 5.41) is 5.89. The maximum atomic E-state index is 13.5. The number of hydrogen-bond acceptors (Lipinski definition) is 6. The number of aromatic nitrogens is 2. The monoisotopic (exact) mass is 510 g/mol. The Hall–Kier alpha value is -4.08. The van der Waals surface area contributed by atoms with E-state index in [1.807, 2.05) is 27.7 Å². The van der Waals surface area contributed by atoms with Crippen molar-refractivity contribution in [1.29, 1.82) is 0 Å². The second kappa shape index (κ2) is 11.8. The predicted octanol–water partition coefficient (Wildman–Crippen LogP) is 2.28. The molecular weight excluding hydrogens is 476 g/mol. The fourth-order valence-corrected chi connectivity index (χ4v) is 3.90. The highest BCUT2D eigenvalue weighted by Gasteiger charge is 2.19. The van der Waals surface area contributed by atoms with Gasteiger partial charge in [-0.25, -0.2) is 4.79 Å². The van der Waals surface area contributed by atoms with Gasteiger partial charge in [-0.05, 0) is 51.0 Å². The fourth-order valence-electron chi connectivity index (χ4n) is 3.90. The molecule has 2 amide bonds. The third-order valence-electron chi connectivity index (χ3n) is 6.03. The van der Waals surface area contributed by atoms with Crippen LogP contribution in [-0.2, 0) is 17.9 Å². The van der Waals surface area contributed by atoms with Crippen molar-refractivity contribution >= 4 is 22.7 Å². The summed E-state index contributed by atoms with van der Waals surface area (Å²) in [5.74, 6) is 0.0985. The number of amides is 2. The van der Waals surface area contributed by atoms with Crippen LogP contribution in [0.5, 0.6) is 11.5 Å². The van der Waals surface area contributed by atoms with Gasteiger partial charge in [-0.15, -0.1) is 0 Å². The highest BCUT2D eigenvalue weighted by Crippen LogP contribution is 2.30. The van der Waals surface area contributed by atoms with Gasteiger partial charge >= 0.3 is 5.69 Å². The molecule has 10 nitrogen and oxygen atoms in total. The lowest BCUT2D eigenvalue weighted by molar-refractivity contribution is -0.122. The van der Waals surface area contributed by atoms with Gasteiger partial charge in [0.2, 0.25) is 5.91 Å². The number of carbonyl (C=O) groups excluding carboxylic acids is 2. The molecule has 2 aromatic carbocycles. The van der Waals surface area contributed by atoms with Gasteiger partial charge < -0.3 is 20.1 Å². The molecule has 0 saturated heterocycles. The van der Waals surface area contributed by atoms with Gasteiger partial charge in [0.1, 0.15) is 6.54 Å². The molecule has 0 saturated carbocycles. The smallest absolute Gasteiger partial charge is 0.332 e. The van der Waals surface area contributed by atoms with Gasteiger partial charge in [-0.1, -0.05) is 19.1 Å². The molecule has 0 aliphatic heterocycles. The van der Waals surface area contributed by atoms with E-state index in [9.17, 15) is 19.2 Å². The SMILES string of the molecule is CC[C@@H](C)NC(=O)c1ccc(Cn2c(=O)c3cc(OC)c(OC)cc3n(CC(=O)NC(C)C)c2=O)cc1. The topological polar surface area (TPSA) is 121 Å². The van der Waals surface area contributed by atoms with E-state index >= 15 is 0 Å². The lowest BCUT2D eigenvalue weighted by Crippen LogP contribution is -2.43. The standard InChI is InChI=1S/C27H34N4O6/c1-7-17(4)29-25(33)19-10-8-18(9-11-19)14-31-26(34)20-12-22(36-5)23(37-6)13-21(20)30(27(31)35)15-24(32)28-16(2)3/h8-13,16-17H,7,14-15H2,1-6H3,(H,28,32)(H,29,33)/t17-/m1/s1. The summed E-state index contributed by atoms with van der Waals surface area (Å²) >= 11 is 0. The Morgan fingerprint density at radius 2 is 1.54 bits per heavy atom. The van der Waals surface area contributed by atoms with Crippen molar-refractivity contribution in [3.05, 3.63) is 68.4 Å². The molecule has 3 aromatic rings. The number of fused-ring (bicyclic) bond motifs is 1. The first-order valence-corrected chi connectivity index (χ1v) is 12.2. The van der Waals surface area contributed by atoms with Crippen molar-refractivity contribution in [2.24, 2.45) is 0 Å². The summed E-state index contributed by atoms with van der Waals surface area (Å²) in [6.45, 7) is 7.23. The summed E-state index contributed by atoms with van der Waals surface area (Å²) in [4.78, 5) is 52.0. The van der Waals surface area contributed by atoms with Crippen molar-refractivity contribution in [2.45, 2.75) is 59.3 Å². The zero-order chi connectivity index (χ0) is 27.3. The third kappa shape index (κ3) is 6.19. The van der Waals surface area contributed by atoms with Crippen LogP contribution in [0.4, 0.5) is 0 Å². The predicted molar refractivity (Wildman–Crippen MR) is 142 cm³/mol. The molecule has 0 unspecified atom stereocenters. The van der Waals surface area contributed by atoms with Gasteiger partial charge in [-0.3, -0.25) is 23.5 Å². The largest absolute Gasteiger partial charge is 0.493 e. The molecule has 0 radical (unpaired) electrons. The van der Waals surface area contributed by atoms with Crippen molar-refractivity contribution in [3.8, 4) is 11.5 Å². The highest BCUT2D eigenvalue weighted by atomic mass is 16.5. The Balaban J connectivity index is 2.09. The van der Waals surface area contributed by atoms with E-state index in [-0.39, 0.29) is 47.9 Å². The van der Waals surface area contributed by atoms with Gasteiger partial charge in [-0.2, -0.15) is 0 Å². The fraction of sp³-hybridized carbons (Fsp3) is 0.407. The molecule has 10 heteroatoms. The first-order valence-electron chi connectivity index (χ1n) is 12.2. The van der Waals surface area contributed by atoms with E-state index in [4.69, 9.17) is 9.47 Å². The minimum absolute atomic E-state index is 0.0407. The minimum Gasteiger partial charge on any atom is -0.493 e. The number of benzene rings is 2. The molecular formula is C27H34N4O6. The van der Waals surface area contributed by atoms with Crippen LogP contribution in [0.1, 0.15) is 50.0 Å². The average Bonchev–Trinajstić information content (AvgIpc) is 2.87. The lowest BCUT2D eigenvalue weighted by atomic mass is 10.1. The van der Waals surface area contributed by atoms with Crippen LogP contribution in [0.3, 0.4) is 0 Å². The maximum Gasteiger partial charge on any atom is 0.332 e. The number of nitrogens with one attached hydrogen (secondary N) is 2. The third-order valence-corrected chi connectivity index (χ3v) is 6.03. The van der Waals surface area contributed by atoms with Crippen molar-refractivity contribution in [1.82, 2.24) is 19.8 Å². The maximum absolute atomic E-state index is 13.5. The summed E-state index contributed by atoms with van der Waals surface area (Å²) < 4.78 is 13.0. The molecule has 1 atom stereocenters. The van der Waals surface area contributed by atoms with Crippen LogP contribution >= 0.6 is 0 Å². The van der Waals surface area contributed by atoms with E-state index in [0.29, 0.717) is 22.6 Å². The van der Waals surface area contributed by atoms with Gasteiger partial charge in [0.25, 0.3) is 11.5 Å². The van der Waals surface area contributed by atoms with E-state index in [0.717, 1.165) is 11.0 Å². The van der Waals surface area contributed by atoms with Crippen molar-refractivity contribution in [3.63, 3.8) is 0 Å². The Morgan fingerprint density at radius 3 is 2.11 bits per heavy atom. The average molecular weight is 511 g/mol. The summed E-state index contributed by atoms with van der Waals surface area (Å²) in [5.41, 5.74) is 0.231. The number of methoxy groups -OCH3 is 2. The summed E-state index contributed by atoms with van der Waals surface area (Å²) in [6.07, 6.45) is 0.812. The van der Waals surface area contributed by atoms with Crippen molar-refractivity contribution in [2.75, 3.05) is 14.2 Å². The Bertz CT molecular complexity index is 1410. The molecule has 2 N–H and O–H groups in total. The molecule has 0 spiro atoms. The number of hydrogen-bond donors (Lipinski definition) is 2. The first kappa shape index (κ1) is 27.5. The molecule has 37 heavy (non-hydrogen) atoms. The van der Waals surface area contributed by atoms with E-state index in [1.54, 1.807) is 24.3 Å². The molecule has 1 heterocycles. The zero-order valence-electron chi connectivity index (χ0n) is 22.1. The second-order valence-electron chi connectivity index (χ2n) is 9.19. The molecule has 198 valence electrons.